The van der Waals surface area contributed by atoms with Crippen LogP contribution in [-0.4, -0.2) is 63.1 Å². The van der Waals surface area contributed by atoms with E-state index in [0.29, 0.717) is 17.9 Å². The molecule has 0 aliphatic rings. The zero-order valence-corrected chi connectivity index (χ0v) is 18.6. The van der Waals surface area contributed by atoms with Crippen LogP contribution in [0, 0.1) is 0 Å². The van der Waals surface area contributed by atoms with Crippen molar-refractivity contribution in [1.29, 1.82) is 0 Å². The molecule has 31 heavy (non-hydrogen) atoms. The number of hydrogen-bond acceptors (Lipinski definition) is 4. The van der Waals surface area contributed by atoms with E-state index in [0.717, 1.165) is 38.0 Å². The second kappa shape index (κ2) is 13.4. The maximum Gasteiger partial charge on any atom is 0.408 e. The summed E-state index contributed by atoms with van der Waals surface area (Å²) in [4.78, 5) is 34.6. The maximum absolute atomic E-state index is 12.4. The van der Waals surface area contributed by atoms with Crippen LogP contribution in [0.4, 0.5) is 4.79 Å². The van der Waals surface area contributed by atoms with Crippen LogP contribution in [-0.2, 0) is 13.1 Å². The number of carboxylic acid groups (broad SMARTS) is 1. The molecule has 170 valence electrons. The zero-order valence-electron chi connectivity index (χ0n) is 18.6. The lowest BCUT2D eigenvalue weighted by Crippen LogP contribution is -2.29. The Morgan fingerprint density at radius 1 is 1.03 bits per heavy atom. The quantitative estimate of drug-likeness (QED) is 0.397. The molecule has 2 rings (SSSR count). The van der Waals surface area contributed by atoms with Gasteiger partial charge in [0.05, 0.1) is 6.54 Å². The summed E-state index contributed by atoms with van der Waals surface area (Å²) in [6.45, 7) is 8.80. The number of rotatable bonds is 14. The fourth-order valence-electron chi connectivity index (χ4n) is 3.47. The van der Waals surface area contributed by atoms with Crippen molar-refractivity contribution >= 4 is 12.0 Å². The van der Waals surface area contributed by atoms with Crippen LogP contribution in [0.5, 0.6) is 0 Å². The first kappa shape index (κ1) is 24.4. The number of nitrogens with one attached hydrogen (secondary N) is 2. The van der Waals surface area contributed by atoms with Crippen LogP contribution >= 0.6 is 0 Å². The Hall–Kier alpha value is -2.87. The zero-order chi connectivity index (χ0) is 22.5. The first-order valence-corrected chi connectivity index (χ1v) is 11.1. The first-order chi connectivity index (χ1) is 15.0. The minimum absolute atomic E-state index is 0.101. The van der Waals surface area contributed by atoms with Crippen LogP contribution in [0.1, 0.15) is 61.3 Å². The van der Waals surface area contributed by atoms with Gasteiger partial charge in [-0.05, 0) is 63.0 Å². The number of hydrogen-bond donors (Lipinski definition) is 3. The molecule has 2 aromatic rings. The Balaban J connectivity index is 1.76. The molecule has 1 aromatic heterocycles. The van der Waals surface area contributed by atoms with Gasteiger partial charge in [0.1, 0.15) is 5.82 Å². The molecule has 0 bridgehead atoms. The van der Waals surface area contributed by atoms with Gasteiger partial charge in [-0.2, -0.15) is 0 Å². The second-order valence-electron chi connectivity index (χ2n) is 7.68. The number of unbranched alkanes of at least 4 members (excludes halogenated alkanes) is 1. The average Bonchev–Trinajstić information content (AvgIpc) is 3.27. The lowest BCUT2D eigenvalue weighted by atomic mass is 10.1. The summed E-state index contributed by atoms with van der Waals surface area (Å²) < 4.78 is 0. The standard InChI is InChI=1S/C23H35N5O3/c1-3-14-27(15-4-2)16-6-5-11-26-22(29)20-9-7-19(8-10-20)17-28(23(30)31)18-21-24-12-13-25-21/h7-10,12-13H,3-6,11,14-18H2,1-2H3,(H,24,25)(H,26,29)(H,30,31). The molecule has 0 saturated carbocycles. The molecule has 8 nitrogen and oxygen atoms in total. The molecular weight excluding hydrogens is 394 g/mol. The number of amides is 2. The highest BCUT2D eigenvalue weighted by atomic mass is 16.4. The molecule has 1 heterocycles. The minimum atomic E-state index is -1.02. The summed E-state index contributed by atoms with van der Waals surface area (Å²) >= 11 is 0. The summed E-state index contributed by atoms with van der Waals surface area (Å²) in [6.07, 6.45) is 6.59. The fraction of sp³-hybridized carbons (Fsp3) is 0.522. The van der Waals surface area contributed by atoms with Gasteiger partial charge in [-0.25, -0.2) is 9.78 Å². The summed E-state index contributed by atoms with van der Waals surface area (Å²) in [5.41, 5.74) is 1.40. The van der Waals surface area contributed by atoms with E-state index in [2.05, 4.69) is 34.0 Å². The molecule has 0 saturated heterocycles. The van der Waals surface area contributed by atoms with Crippen molar-refractivity contribution in [3.63, 3.8) is 0 Å². The number of carbonyl (C=O) groups is 2. The summed E-state index contributed by atoms with van der Waals surface area (Å²) in [7, 11) is 0. The minimum Gasteiger partial charge on any atom is -0.465 e. The topological polar surface area (TPSA) is 102 Å². The molecule has 0 atom stereocenters. The molecular formula is C23H35N5O3. The SMILES string of the molecule is CCCN(CCC)CCCCNC(=O)c1ccc(CN(Cc2ncc[nH]2)C(=O)O)cc1. The highest BCUT2D eigenvalue weighted by molar-refractivity contribution is 5.94. The third-order valence-electron chi connectivity index (χ3n) is 5.02. The van der Waals surface area contributed by atoms with Crippen LogP contribution in [0.2, 0.25) is 0 Å². The van der Waals surface area contributed by atoms with Gasteiger partial charge in [0.25, 0.3) is 5.91 Å². The van der Waals surface area contributed by atoms with E-state index in [-0.39, 0.29) is 19.0 Å². The molecule has 0 aliphatic carbocycles. The van der Waals surface area contributed by atoms with E-state index >= 15 is 0 Å². The summed E-state index contributed by atoms with van der Waals surface area (Å²) in [6, 6.07) is 7.06. The van der Waals surface area contributed by atoms with E-state index in [1.165, 1.54) is 17.7 Å². The number of imidazole rings is 1. The van der Waals surface area contributed by atoms with Gasteiger partial charge in [0, 0.05) is 31.0 Å². The fourth-order valence-corrected chi connectivity index (χ4v) is 3.47. The number of benzene rings is 1. The number of nitrogens with zero attached hydrogens (tertiary/aromatic N) is 3. The van der Waals surface area contributed by atoms with Crippen molar-refractivity contribution < 1.29 is 14.7 Å². The molecule has 0 spiro atoms. The number of H-pyrrole nitrogens is 1. The van der Waals surface area contributed by atoms with Crippen molar-refractivity contribution in [2.24, 2.45) is 0 Å². The van der Waals surface area contributed by atoms with Gasteiger partial charge in [-0.3, -0.25) is 9.69 Å². The maximum atomic E-state index is 12.4. The predicted molar refractivity (Wildman–Crippen MR) is 121 cm³/mol. The van der Waals surface area contributed by atoms with Crippen LogP contribution in [0.15, 0.2) is 36.7 Å². The lowest BCUT2D eigenvalue weighted by Gasteiger charge is -2.20. The Morgan fingerprint density at radius 3 is 2.32 bits per heavy atom. The molecule has 8 heteroatoms. The molecule has 2 amide bonds. The monoisotopic (exact) mass is 429 g/mol. The smallest absolute Gasteiger partial charge is 0.408 e. The molecule has 0 radical (unpaired) electrons. The van der Waals surface area contributed by atoms with E-state index in [1.54, 1.807) is 36.7 Å². The molecule has 0 unspecified atom stereocenters. The first-order valence-electron chi connectivity index (χ1n) is 11.1. The van der Waals surface area contributed by atoms with Gasteiger partial charge in [0.15, 0.2) is 0 Å². The van der Waals surface area contributed by atoms with Crippen molar-refractivity contribution in [2.75, 3.05) is 26.2 Å². The number of carbonyl (C=O) groups excluding carboxylic acids is 1. The van der Waals surface area contributed by atoms with Crippen molar-refractivity contribution in [3.05, 3.63) is 53.6 Å². The molecule has 0 fully saturated rings. The Labute approximate surface area is 184 Å². The highest BCUT2D eigenvalue weighted by Crippen LogP contribution is 2.10. The van der Waals surface area contributed by atoms with Crippen LogP contribution < -0.4 is 5.32 Å². The van der Waals surface area contributed by atoms with Gasteiger partial charge in [0.2, 0.25) is 0 Å². The molecule has 1 aromatic carbocycles. The summed E-state index contributed by atoms with van der Waals surface area (Å²) in [5.74, 6) is 0.488. The van der Waals surface area contributed by atoms with E-state index in [4.69, 9.17) is 0 Å². The van der Waals surface area contributed by atoms with Crippen molar-refractivity contribution in [1.82, 2.24) is 25.1 Å². The van der Waals surface area contributed by atoms with Gasteiger partial charge in [-0.1, -0.05) is 26.0 Å². The third-order valence-corrected chi connectivity index (χ3v) is 5.02. The van der Waals surface area contributed by atoms with E-state index in [1.807, 2.05) is 0 Å². The number of aromatic nitrogens is 2. The molecule has 0 aliphatic heterocycles. The normalized spacial score (nSPS) is 10.9. The van der Waals surface area contributed by atoms with Gasteiger partial charge < -0.3 is 20.3 Å². The van der Waals surface area contributed by atoms with Crippen molar-refractivity contribution in [3.8, 4) is 0 Å². The highest BCUT2D eigenvalue weighted by Gasteiger charge is 2.14. The second-order valence-corrected chi connectivity index (χ2v) is 7.68. The molecule has 3 N–H and O–H groups in total. The van der Waals surface area contributed by atoms with Crippen LogP contribution in [0.3, 0.4) is 0 Å². The average molecular weight is 430 g/mol. The Bertz CT molecular complexity index is 771. The Kier molecular flexibility index (Phi) is 10.6. The summed E-state index contributed by atoms with van der Waals surface area (Å²) in [5, 5.41) is 12.4. The Morgan fingerprint density at radius 2 is 1.74 bits per heavy atom. The van der Waals surface area contributed by atoms with Crippen molar-refractivity contribution in [2.45, 2.75) is 52.6 Å². The van der Waals surface area contributed by atoms with Gasteiger partial charge in [-0.15, -0.1) is 0 Å². The third kappa shape index (κ3) is 8.80. The number of aromatic amines is 1. The van der Waals surface area contributed by atoms with Crippen LogP contribution in [0.25, 0.3) is 0 Å². The van der Waals surface area contributed by atoms with E-state index < -0.39 is 6.09 Å². The van der Waals surface area contributed by atoms with E-state index in [9.17, 15) is 14.7 Å². The largest absolute Gasteiger partial charge is 0.465 e. The van der Waals surface area contributed by atoms with Gasteiger partial charge >= 0.3 is 6.09 Å². The lowest BCUT2D eigenvalue weighted by molar-refractivity contribution is 0.0952. The predicted octanol–water partition coefficient (Wildman–Crippen LogP) is 3.72.